The van der Waals surface area contributed by atoms with E-state index in [9.17, 15) is 8.42 Å². The third-order valence-corrected chi connectivity index (χ3v) is 4.00. The Bertz CT molecular complexity index is 473. The number of nitrogens with one attached hydrogen (secondary N) is 1. The molecule has 0 saturated carbocycles. The molecule has 0 amide bonds. The Kier molecular flexibility index (Phi) is 3.90. The molecule has 2 N–H and O–H groups in total. The van der Waals surface area contributed by atoms with Gasteiger partial charge in [0.1, 0.15) is 4.90 Å². The van der Waals surface area contributed by atoms with Crippen molar-refractivity contribution in [3.8, 4) is 0 Å². The Morgan fingerprint density at radius 1 is 1.56 bits per heavy atom. The molecule has 0 aliphatic heterocycles. The van der Waals surface area contributed by atoms with Crippen molar-refractivity contribution in [2.75, 3.05) is 6.61 Å². The number of hydrogen-bond acceptors (Lipinski definition) is 4. The van der Waals surface area contributed by atoms with Crippen LogP contribution in [0.5, 0.6) is 0 Å². The summed E-state index contributed by atoms with van der Waals surface area (Å²) < 4.78 is 26.1. The monoisotopic (exact) mass is 264 g/mol. The van der Waals surface area contributed by atoms with E-state index in [0.29, 0.717) is 0 Å². The summed E-state index contributed by atoms with van der Waals surface area (Å²) in [6.07, 6.45) is 2.57. The van der Waals surface area contributed by atoms with Crippen LogP contribution in [0.15, 0.2) is 23.4 Å². The fourth-order valence-electron chi connectivity index (χ4n) is 1.01. The zero-order valence-corrected chi connectivity index (χ0v) is 10.5. The number of nitrogens with zero attached hydrogens (tertiary/aromatic N) is 1. The number of aliphatic hydroxyl groups is 1. The van der Waals surface area contributed by atoms with E-state index in [1.165, 1.54) is 12.3 Å². The number of hydrogen-bond donors (Lipinski definition) is 2. The highest BCUT2D eigenvalue weighted by Crippen LogP contribution is 2.20. The highest BCUT2D eigenvalue weighted by molar-refractivity contribution is 7.89. The minimum Gasteiger partial charge on any atom is -0.394 e. The van der Waals surface area contributed by atoms with Crippen molar-refractivity contribution >= 4 is 21.6 Å². The molecule has 7 heteroatoms. The highest BCUT2D eigenvalue weighted by Gasteiger charge is 2.27. The standard InChI is InChI=1S/C9H13ClN2O3S/c1-9(2,6-13)12-16(14,15)8-5-11-4-3-7(8)10/h3-5,12-13H,6H2,1-2H3. The molecule has 1 rings (SSSR count). The van der Waals surface area contributed by atoms with Crippen LogP contribution in [-0.4, -0.2) is 30.7 Å². The molecule has 0 radical (unpaired) electrons. The number of pyridine rings is 1. The van der Waals surface area contributed by atoms with Crippen LogP contribution >= 0.6 is 11.6 Å². The normalized spacial score (nSPS) is 12.8. The van der Waals surface area contributed by atoms with E-state index in [4.69, 9.17) is 16.7 Å². The van der Waals surface area contributed by atoms with Gasteiger partial charge >= 0.3 is 0 Å². The topological polar surface area (TPSA) is 79.3 Å². The number of sulfonamides is 1. The summed E-state index contributed by atoms with van der Waals surface area (Å²) in [5.41, 5.74) is -0.946. The summed E-state index contributed by atoms with van der Waals surface area (Å²) in [5, 5.41) is 9.09. The Labute approximate surface area is 99.5 Å². The van der Waals surface area contributed by atoms with Crippen LogP contribution in [0.2, 0.25) is 5.02 Å². The average Bonchev–Trinajstić information content (AvgIpc) is 2.16. The first-order chi connectivity index (χ1) is 7.28. The largest absolute Gasteiger partial charge is 0.394 e. The maximum Gasteiger partial charge on any atom is 0.244 e. The van der Waals surface area contributed by atoms with Gasteiger partial charge < -0.3 is 5.11 Å². The van der Waals surface area contributed by atoms with E-state index in [-0.39, 0.29) is 16.5 Å². The van der Waals surface area contributed by atoms with E-state index in [0.717, 1.165) is 6.20 Å². The second kappa shape index (κ2) is 4.67. The lowest BCUT2D eigenvalue weighted by molar-refractivity contribution is 0.208. The Balaban J connectivity index is 3.09. The molecule has 0 unspecified atom stereocenters. The van der Waals surface area contributed by atoms with Crippen molar-refractivity contribution in [2.45, 2.75) is 24.3 Å². The lowest BCUT2D eigenvalue weighted by Crippen LogP contribution is -2.46. The van der Waals surface area contributed by atoms with Gasteiger partial charge in [-0.3, -0.25) is 4.98 Å². The second-order valence-electron chi connectivity index (χ2n) is 3.95. The SMILES string of the molecule is CC(C)(CO)NS(=O)(=O)c1cnccc1Cl. The molecule has 0 bridgehead atoms. The van der Waals surface area contributed by atoms with Crippen LogP contribution in [0, 0.1) is 0 Å². The molecule has 0 fully saturated rings. The summed E-state index contributed by atoms with van der Waals surface area (Å²) in [5.74, 6) is 0. The third-order valence-electron chi connectivity index (χ3n) is 1.83. The molecular formula is C9H13ClN2O3S. The molecule has 16 heavy (non-hydrogen) atoms. The van der Waals surface area contributed by atoms with Crippen molar-refractivity contribution in [2.24, 2.45) is 0 Å². The minimum absolute atomic E-state index is 0.0937. The lowest BCUT2D eigenvalue weighted by atomic mass is 10.1. The van der Waals surface area contributed by atoms with Crippen molar-refractivity contribution < 1.29 is 13.5 Å². The van der Waals surface area contributed by atoms with Crippen molar-refractivity contribution in [3.63, 3.8) is 0 Å². The predicted molar refractivity (Wildman–Crippen MR) is 60.7 cm³/mol. The summed E-state index contributed by atoms with van der Waals surface area (Å²) in [4.78, 5) is 3.60. The minimum atomic E-state index is -3.77. The molecule has 0 atom stereocenters. The summed E-state index contributed by atoms with van der Waals surface area (Å²) in [6, 6.07) is 1.39. The highest BCUT2D eigenvalue weighted by atomic mass is 35.5. The van der Waals surface area contributed by atoms with Crippen LogP contribution in [0.25, 0.3) is 0 Å². The Hall–Kier alpha value is -0.690. The van der Waals surface area contributed by atoms with Crippen molar-refractivity contribution in [1.82, 2.24) is 9.71 Å². The lowest BCUT2D eigenvalue weighted by Gasteiger charge is -2.23. The van der Waals surface area contributed by atoms with E-state index in [2.05, 4.69) is 9.71 Å². The summed E-state index contributed by atoms with van der Waals surface area (Å²) >= 11 is 5.76. The van der Waals surface area contributed by atoms with E-state index >= 15 is 0 Å². The first-order valence-electron chi connectivity index (χ1n) is 4.53. The first kappa shape index (κ1) is 13.4. The maximum absolute atomic E-state index is 11.9. The molecule has 1 aromatic rings. The number of rotatable bonds is 4. The molecule has 0 saturated heterocycles. The molecular weight excluding hydrogens is 252 g/mol. The maximum atomic E-state index is 11.9. The van der Waals surface area contributed by atoms with E-state index < -0.39 is 15.6 Å². The molecule has 1 aromatic heterocycles. The predicted octanol–water partition coefficient (Wildman–Crippen LogP) is 0.784. The van der Waals surface area contributed by atoms with Crippen molar-refractivity contribution in [1.29, 1.82) is 0 Å². The van der Waals surface area contributed by atoms with Crippen LogP contribution in [-0.2, 0) is 10.0 Å². The quantitative estimate of drug-likeness (QED) is 0.843. The van der Waals surface area contributed by atoms with Gasteiger partial charge in [0.2, 0.25) is 10.0 Å². The summed E-state index contributed by atoms with van der Waals surface area (Å²) in [7, 11) is -3.77. The fourth-order valence-corrected chi connectivity index (χ4v) is 2.85. The van der Waals surface area contributed by atoms with Gasteiger partial charge in [0.05, 0.1) is 17.2 Å². The van der Waals surface area contributed by atoms with Gasteiger partial charge in [0.15, 0.2) is 0 Å². The van der Waals surface area contributed by atoms with Gasteiger partial charge in [0, 0.05) is 12.4 Å². The van der Waals surface area contributed by atoms with Crippen LogP contribution in [0.4, 0.5) is 0 Å². The third kappa shape index (κ3) is 3.15. The number of halogens is 1. The Morgan fingerprint density at radius 3 is 2.69 bits per heavy atom. The molecule has 0 aliphatic carbocycles. The van der Waals surface area contributed by atoms with Crippen LogP contribution in [0.3, 0.4) is 0 Å². The average molecular weight is 265 g/mol. The molecule has 5 nitrogen and oxygen atoms in total. The fraction of sp³-hybridized carbons (Fsp3) is 0.444. The zero-order valence-electron chi connectivity index (χ0n) is 8.94. The van der Waals surface area contributed by atoms with Gasteiger partial charge in [-0.2, -0.15) is 0 Å². The molecule has 1 heterocycles. The number of aromatic nitrogens is 1. The molecule has 0 aliphatic rings. The van der Waals surface area contributed by atoms with E-state index in [1.54, 1.807) is 13.8 Å². The molecule has 0 aromatic carbocycles. The van der Waals surface area contributed by atoms with E-state index in [1.807, 2.05) is 0 Å². The van der Waals surface area contributed by atoms with Gasteiger partial charge in [-0.25, -0.2) is 13.1 Å². The smallest absolute Gasteiger partial charge is 0.244 e. The van der Waals surface area contributed by atoms with Crippen LogP contribution < -0.4 is 4.72 Å². The van der Waals surface area contributed by atoms with Gasteiger partial charge in [-0.15, -0.1) is 0 Å². The van der Waals surface area contributed by atoms with Gasteiger partial charge in [-0.05, 0) is 19.9 Å². The first-order valence-corrected chi connectivity index (χ1v) is 6.39. The van der Waals surface area contributed by atoms with Gasteiger partial charge in [0.25, 0.3) is 0 Å². The molecule has 0 spiro atoms. The summed E-state index contributed by atoms with van der Waals surface area (Å²) in [6.45, 7) is 2.81. The Morgan fingerprint density at radius 2 is 2.19 bits per heavy atom. The zero-order chi connectivity index (χ0) is 12.4. The van der Waals surface area contributed by atoms with Crippen molar-refractivity contribution in [3.05, 3.63) is 23.5 Å². The second-order valence-corrected chi connectivity index (χ2v) is 6.01. The number of aliphatic hydroxyl groups excluding tert-OH is 1. The molecule has 90 valence electrons. The van der Waals surface area contributed by atoms with Gasteiger partial charge in [-0.1, -0.05) is 11.6 Å². The van der Waals surface area contributed by atoms with Crippen LogP contribution in [0.1, 0.15) is 13.8 Å².